The molecule has 1 rings (SSSR count). The maximum absolute atomic E-state index is 12.0. The maximum Gasteiger partial charge on any atom is 0.270 e. The highest BCUT2D eigenvalue weighted by atomic mass is 16.6. The van der Waals surface area contributed by atoms with Gasteiger partial charge >= 0.3 is 0 Å². The fourth-order valence-electron chi connectivity index (χ4n) is 1.62. The molecule has 104 valence electrons. The number of likely N-dealkylation sites (N-methyl/N-ethyl adjacent to an activating group) is 1. The Bertz CT molecular complexity index is 463. The minimum Gasteiger partial charge on any atom is -0.389 e. The fourth-order valence-corrected chi connectivity index (χ4v) is 1.62. The molecular formula is C12H16N2O5. The van der Waals surface area contributed by atoms with Gasteiger partial charge in [-0.25, -0.2) is 0 Å². The molecule has 7 heteroatoms. The van der Waals surface area contributed by atoms with Crippen molar-refractivity contribution in [2.45, 2.75) is 6.10 Å². The average Bonchev–Trinajstić information content (AvgIpc) is 2.38. The number of nitro groups is 1. The van der Waals surface area contributed by atoms with Gasteiger partial charge in [-0.15, -0.1) is 0 Å². The molecule has 0 spiro atoms. The van der Waals surface area contributed by atoms with E-state index in [1.54, 1.807) is 0 Å². The molecular weight excluding hydrogens is 252 g/mol. The second-order valence-electron chi connectivity index (χ2n) is 4.10. The predicted octanol–water partition coefficient (Wildman–Crippen LogP) is 0.674. The Hall–Kier alpha value is -1.99. The van der Waals surface area contributed by atoms with Crippen molar-refractivity contribution >= 4 is 11.6 Å². The lowest BCUT2D eigenvalue weighted by atomic mass is 10.1. The molecule has 0 aromatic heterocycles. The average molecular weight is 268 g/mol. The van der Waals surface area contributed by atoms with Gasteiger partial charge in [0.05, 0.1) is 17.6 Å². The molecule has 1 aromatic rings. The highest BCUT2D eigenvalue weighted by Gasteiger charge is 2.17. The molecule has 0 aliphatic heterocycles. The first-order chi connectivity index (χ1) is 8.95. The summed E-state index contributed by atoms with van der Waals surface area (Å²) in [6.07, 6.45) is -0.794. The molecule has 1 aromatic carbocycles. The minimum absolute atomic E-state index is 0.0926. The van der Waals surface area contributed by atoms with E-state index < -0.39 is 11.0 Å². The minimum atomic E-state index is -0.794. The quantitative estimate of drug-likeness (QED) is 0.604. The number of aliphatic hydroxyl groups excluding tert-OH is 1. The summed E-state index contributed by atoms with van der Waals surface area (Å²) in [5.41, 5.74) is 0.0676. The Morgan fingerprint density at radius 1 is 1.58 bits per heavy atom. The number of nitrogens with zero attached hydrogens (tertiary/aromatic N) is 2. The van der Waals surface area contributed by atoms with Crippen LogP contribution in [0.1, 0.15) is 10.4 Å². The number of nitro benzene ring substituents is 1. The third-order valence-corrected chi connectivity index (χ3v) is 2.49. The van der Waals surface area contributed by atoms with Crippen molar-refractivity contribution in [2.24, 2.45) is 0 Å². The van der Waals surface area contributed by atoms with Crippen LogP contribution in [0.4, 0.5) is 5.69 Å². The molecule has 1 unspecified atom stereocenters. The Balaban J connectivity index is 2.76. The third-order valence-electron chi connectivity index (χ3n) is 2.49. The van der Waals surface area contributed by atoms with Crippen molar-refractivity contribution in [3.8, 4) is 0 Å². The second kappa shape index (κ2) is 6.81. The van der Waals surface area contributed by atoms with Crippen LogP contribution in [-0.2, 0) is 4.74 Å². The zero-order chi connectivity index (χ0) is 14.4. The molecule has 0 radical (unpaired) electrons. The van der Waals surface area contributed by atoms with Gasteiger partial charge in [-0.3, -0.25) is 14.9 Å². The van der Waals surface area contributed by atoms with Crippen molar-refractivity contribution in [2.75, 3.05) is 27.3 Å². The Morgan fingerprint density at radius 2 is 2.26 bits per heavy atom. The molecule has 0 saturated carbocycles. The molecule has 7 nitrogen and oxygen atoms in total. The topological polar surface area (TPSA) is 92.9 Å². The molecule has 19 heavy (non-hydrogen) atoms. The molecule has 0 aliphatic rings. The SMILES string of the molecule is COCC(O)CN(C)C(=O)c1cccc([N+](=O)[O-])c1. The van der Waals surface area contributed by atoms with Crippen LogP contribution in [0.5, 0.6) is 0 Å². The Kier molecular flexibility index (Phi) is 5.40. The smallest absolute Gasteiger partial charge is 0.270 e. The molecule has 1 amide bonds. The van der Waals surface area contributed by atoms with Gasteiger partial charge in [-0.05, 0) is 6.07 Å². The highest BCUT2D eigenvalue weighted by Crippen LogP contribution is 2.14. The van der Waals surface area contributed by atoms with Crippen LogP contribution >= 0.6 is 0 Å². The van der Waals surface area contributed by atoms with E-state index in [0.29, 0.717) is 0 Å². The van der Waals surface area contributed by atoms with E-state index in [1.165, 1.54) is 43.3 Å². The number of aliphatic hydroxyl groups is 1. The van der Waals surface area contributed by atoms with Gasteiger partial charge in [0.25, 0.3) is 11.6 Å². The lowest BCUT2D eigenvalue weighted by molar-refractivity contribution is -0.384. The molecule has 0 bridgehead atoms. The lowest BCUT2D eigenvalue weighted by Gasteiger charge is -2.20. The van der Waals surface area contributed by atoms with Crippen molar-refractivity contribution in [3.63, 3.8) is 0 Å². The summed E-state index contributed by atoms with van der Waals surface area (Å²) >= 11 is 0. The fraction of sp³-hybridized carbons (Fsp3) is 0.417. The van der Waals surface area contributed by atoms with Gasteiger partial charge in [0.1, 0.15) is 0 Å². The van der Waals surface area contributed by atoms with Gasteiger partial charge in [-0.1, -0.05) is 6.07 Å². The summed E-state index contributed by atoms with van der Waals surface area (Å²) in [6.45, 7) is 0.210. The number of carbonyl (C=O) groups is 1. The van der Waals surface area contributed by atoms with Crippen LogP contribution in [0.15, 0.2) is 24.3 Å². The summed E-state index contributed by atoms with van der Waals surface area (Å²) in [4.78, 5) is 23.4. The zero-order valence-corrected chi connectivity index (χ0v) is 10.8. The van der Waals surface area contributed by atoms with Crippen LogP contribution < -0.4 is 0 Å². The number of amides is 1. The molecule has 0 fully saturated rings. The van der Waals surface area contributed by atoms with E-state index >= 15 is 0 Å². The maximum atomic E-state index is 12.0. The summed E-state index contributed by atoms with van der Waals surface area (Å²) in [6, 6.07) is 5.47. The summed E-state index contributed by atoms with van der Waals surface area (Å²) in [7, 11) is 2.96. The molecule has 0 saturated heterocycles. The van der Waals surface area contributed by atoms with E-state index in [4.69, 9.17) is 4.74 Å². The first-order valence-corrected chi connectivity index (χ1v) is 5.62. The van der Waals surface area contributed by atoms with Crippen molar-refractivity contribution in [1.29, 1.82) is 0 Å². The van der Waals surface area contributed by atoms with Gasteiger partial charge in [0.2, 0.25) is 0 Å². The first kappa shape index (κ1) is 15.1. The number of methoxy groups -OCH3 is 1. The van der Waals surface area contributed by atoms with Gasteiger partial charge in [-0.2, -0.15) is 0 Å². The van der Waals surface area contributed by atoms with Crippen LogP contribution in [-0.4, -0.2) is 54.3 Å². The second-order valence-corrected chi connectivity index (χ2v) is 4.10. The van der Waals surface area contributed by atoms with Gasteiger partial charge < -0.3 is 14.7 Å². The summed E-state index contributed by atoms with van der Waals surface area (Å²) in [5.74, 6) is -0.390. The van der Waals surface area contributed by atoms with Crippen LogP contribution in [0.25, 0.3) is 0 Å². The van der Waals surface area contributed by atoms with Gasteiger partial charge in [0.15, 0.2) is 0 Å². The molecule has 0 aliphatic carbocycles. The third kappa shape index (κ3) is 4.31. The van der Waals surface area contributed by atoms with Crippen LogP contribution in [0, 0.1) is 10.1 Å². The largest absolute Gasteiger partial charge is 0.389 e. The number of hydrogen-bond donors (Lipinski definition) is 1. The number of carbonyl (C=O) groups excluding carboxylic acids is 1. The normalized spacial score (nSPS) is 11.9. The summed E-state index contributed by atoms with van der Waals surface area (Å²) < 4.78 is 4.76. The summed E-state index contributed by atoms with van der Waals surface area (Å²) in [5, 5.41) is 20.2. The van der Waals surface area contributed by atoms with Crippen molar-refractivity contribution < 1.29 is 19.6 Å². The monoisotopic (exact) mass is 268 g/mol. The van der Waals surface area contributed by atoms with E-state index in [1.807, 2.05) is 0 Å². The zero-order valence-electron chi connectivity index (χ0n) is 10.8. The highest BCUT2D eigenvalue weighted by molar-refractivity contribution is 5.94. The number of non-ortho nitro benzene ring substituents is 1. The molecule has 0 heterocycles. The van der Waals surface area contributed by atoms with E-state index in [2.05, 4.69) is 0 Å². The number of hydrogen-bond acceptors (Lipinski definition) is 5. The predicted molar refractivity (Wildman–Crippen MR) is 67.9 cm³/mol. The Labute approximate surface area is 110 Å². The lowest BCUT2D eigenvalue weighted by Crippen LogP contribution is -2.36. The van der Waals surface area contributed by atoms with Crippen molar-refractivity contribution in [3.05, 3.63) is 39.9 Å². The standard InChI is InChI=1S/C12H16N2O5/c1-13(7-11(15)8-19-2)12(16)9-4-3-5-10(6-9)14(17)18/h3-6,11,15H,7-8H2,1-2H3. The number of ether oxygens (including phenoxy) is 1. The molecule has 1 atom stereocenters. The number of benzene rings is 1. The van der Waals surface area contributed by atoms with Crippen molar-refractivity contribution in [1.82, 2.24) is 4.90 Å². The number of rotatable bonds is 6. The Morgan fingerprint density at radius 3 is 2.84 bits per heavy atom. The van der Waals surface area contributed by atoms with E-state index in [0.717, 1.165) is 0 Å². The van der Waals surface area contributed by atoms with Gasteiger partial charge in [0, 0.05) is 38.4 Å². The molecule has 1 N–H and O–H groups in total. The first-order valence-electron chi connectivity index (χ1n) is 5.62. The van der Waals surface area contributed by atoms with Crippen LogP contribution in [0.3, 0.4) is 0 Å². The van der Waals surface area contributed by atoms with E-state index in [-0.39, 0.29) is 30.3 Å². The van der Waals surface area contributed by atoms with Crippen LogP contribution in [0.2, 0.25) is 0 Å². The van der Waals surface area contributed by atoms with E-state index in [9.17, 15) is 20.0 Å².